The van der Waals surface area contributed by atoms with E-state index in [4.69, 9.17) is 0 Å². The minimum atomic E-state index is -0.668. The van der Waals surface area contributed by atoms with Gasteiger partial charge in [-0.05, 0) is 71.9 Å². The Balaban J connectivity index is 2.16. The zero-order valence-electron chi connectivity index (χ0n) is 11.3. The van der Waals surface area contributed by atoms with E-state index in [-0.39, 0.29) is 0 Å². The molecule has 0 aromatic heterocycles. The molecule has 0 heterocycles. The van der Waals surface area contributed by atoms with Crippen LogP contribution in [0.15, 0.2) is 24.3 Å². The normalized spacial score (nSPS) is 27.8. The summed E-state index contributed by atoms with van der Waals surface area (Å²) in [7, 11) is 0. The van der Waals surface area contributed by atoms with Crippen molar-refractivity contribution in [1.82, 2.24) is 0 Å². The van der Waals surface area contributed by atoms with E-state index in [1.54, 1.807) is 0 Å². The second kappa shape index (κ2) is 5.91. The number of hydrogen-bond donors (Lipinski definition) is 1. The topological polar surface area (TPSA) is 20.2 Å². The second-order valence-electron chi connectivity index (χ2n) is 5.79. The first kappa shape index (κ1) is 14.3. The molecule has 0 aliphatic heterocycles. The first-order valence-electron chi connectivity index (χ1n) is 7.02. The van der Waals surface area contributed by atoms with E-state index in [9.17, 15) is 5.11 Å². The van der Waals surface area contributed by atoms with Gasteiger partial charge in [0.2, 0.25) is 0 Å². The van der Waals surface area contributed by atoms with Gasteiger partial charge in [0.05, 0.1) is 5.60 Å². The van der Waals surface area contributed by atoms with Crippen LogP contribution in [0, 0.1) is 15.4 Å². The molecule has 2 rings (SSSR count). The Morgan fingerprint density at radius 2 is 1.94 bits per heavy atom. The van der Waals surface area contributed by atoms with Crippen molar-refractivity contribution < 1.29 is 5.11 Å². The fourth-order valence-corrected chi connectivity index (χ4v) is 3.55. The Hall–Kier alpha value is -0.0900. The van der Waals surface area contributed by atoms with E-state index < -0.39 is 5.60 Å². The average molecular weight is 358 g/mol. The van der Waals surface area contributed by atoms with Gasteiger partial charge in [0.15, 0.2) is 0 Å². The summed E-state index contributed by atoms with van der Waals surface area (Å²) < 4.78 is 1.22. The highest BCUT2D eigenvalue weighted by atomic mass is 127. The highest BCUT2D eigenvalue weighted by Crippen LogP contribution is 2.42. The van der Waals surface area contributed by atoms with Crippen LogP contribution in [0.1, 0.15) is 51.5 Å². The molecule has 0 spiro atoms. The van der Waals surface area contributed by atoms with Crippen molar-refractivity contribution in [2.75, 3.05) is 0 Å². The third kappa shape index (κ3) is 3.08. The monoisotopic (exact) mass is 358 g/mol. The maximum Gasteiger partial charge on any atom is 0.0896 e. The largest absolute Gasteiger partial charge is 0.385 e. The van der Waals surface area contributed by atoms with Gasteiger partial charge in [-0.15, -0.1) is 0 Å². The summed E-state index contributed by atoms with van der Waals surface area (Å²) in [6, 6.07) is 8.34. The van der Waals surface area contributed by atoms with Gasteiger partial charge < -0.3 is 5.11 Å². The van der Waals surface area contributed by atoms with Crippen molar-refractivity contribution in [1.29, 1.82) is 0 Å². The molecule has 1 N–H and O–H groups in total. The molecular weight excluding hydrogens is 335 g/mol. The molecule has 0 amide bonds. The third-order valence-corrected chi connectivity index (χ3v) is 5.30. The summed E-state index contributed by atoms with van der Waals surface area (Å²) in [5, 5.41) is 10.9. The minimum absolute atomic E-state index is 0.413. The van der Waals surface area contributed by atoms with Crippen LogP contribution < -0.4 is 0 Å². The summed E-state index contributed by atoms with van der Waals surface area (Å²) in [5.41, 5.74) is 0.405. The van der Waals surface area contributed by atoms with Gasteiger partial charge in [-0.2, -0.15) is 0 Å². The van der Waals surface area contributed by atoms with E-state index in [2.05, 4.69) is 53.8 Å². The van der Waals surface area contributed by atoms with Gasteiger partial charge in [-0.3, -0.25) is 0 Å². The van der Waals surface area contributed by atoms with Crippen molar-refractivity contribution in [3.63, 3.8) is 0 Å². The van der Waals surface area contributed by atoms with Crippen molar-refractivity contribution in [2.45, 2.75) is 51.6 Å². The predicted octanol–water partition coefficient (Wildman–Crippen LogP) is 4.72. The van der Waals surface area contributed by atoms with Gasteiger partial charge >= 0.3 is 0 Å². The van der Waals surface area contributed by atoms with E-state index in [0.717, 1.165) is 17.9 Å². The molecule has 2 heteroatoms. The Kier molecular flexibility index (Phi) is 4.70. The average Bonchev–Trinajstić information content (AvgIpc) is 2.39. The third-order valence-electron chi connectivity index (χ3n) is 4.58. The molecule has 1 aliphatic rings. The summed E-state index contributed by atoms with van der Waals surface area (Å²) in [4.78, 5) is 0. The van der Waals surface area contributed by atoms with Crippen LogP contribution in [0.2, 0.25) is 0 Å². The fraction of sp³-hybridized carbons (Fsp3) is 0.625. The molecule has 0 saturated heterocycles. The fourth-order valence-electron chi connectivity index (χ4n) is 3.20. The summed E-state index contributed by atoms with van der Waals surface area (Å²) in [6.45, 7) is 4.27. The van der Waals surface area contributed by atoms with Gasteiger partial charge in [0.25, 0.3) is 0 Å². The molecule has 3 atom stereocenters. The number of halogens is 1. The molecule has 1 fully saturated rings. The van der Waals surface area contributed by atoms with E-state index in [1.165, 1.54) is 29.3 Å². The molecule has 0 radical (unpaired) electrons. The van der Waals surface area contributed by atoms with Crippen molar-refractivity contribution in [3.8, 4) is 0 Å². The Bertz CT molecular complexity index is 383. The predicted molar refractivity (Wildman–Crippen MR) is 84.5 cm³/mol. The van der Waals surface area contributed by atoms with Gasteiger partial charge in [-0.25, -0.2) is 0 Å². The first-order valence-corrected chi connectivity index (χ1v) is 8.10. The number of rotatable bonds is 3. The Labute approximate surface area is 124 Å². The van der Waals surface area contributed by atoms with Crippen molar-refractivity contribution >= 4 is 22.6 Å². The van der Waals surface area contributed by atoms with Crippen LogP contribution in [0.25, 0.3) is 0 Å². The van der Waals surface area contributed by atoms with Crippen LogP contribution in [-0.4, -0.2) is 5.11 Å². The molecule has 3 unspecified atom stereocenters. The second-order valence-corrected chi connectivity index (χ2v) is 7.04. The summed E-state index contributed by atoms with van der Waals surface area (Å²) >= 11 is 2.31. The van der Waals surface area contributed by atoms with Crippen LogP contribution in [0.4, 0.5) is 0 Å². The zero-order valence-corrected chi connectivity index (χ0v) is 13.5. The van der Waals surface area contributed by atoms with Crippen LogP contribution in [0.5, 0.6) is 0 Å². The van der Waals surface area contributed by atoms with Gasteiger partial charge in [0, 0.05) is 3.57 Å². The maximum absolute atomic E-state index is 10.9. The van der Waals surface area contributed by atoms with E-state index in [0.29, 0.717) is 5.92 Å². The minimum Gasteiger partial charge on any atom is -0.385 e. The molecule has 1 aromatic carbocycles. The van der Waals surface area contributed by atoms with Crippen LogP contribution >= 0.6 is 22.6 Å². The lowest BCUT2D eigenvalue weighted by Crippen LogP contribution is -2.35. The molecule has 100 valence electrons. The van der Waals surface area contributed by atoms with E-state index in [1.807, 2.05) is 6.92 Å². The van der Waals surface area contributed by atoms with Crippen molar-refractivity contribution in [3.05, 3.63) is 33.4 Å². The highest BCUT2D eigenvalue weighted by Gasteiger charge is 2.36. The number of aliphatic hydroxyl groups is 1. The van der Waals surface area contributed by atoms with Gasteiger partial charge in [-0.1, -0.05) is 38.3 Å². The molecule has 1 aliphatic carbocycles. The highest BCUT2D eigenvalue weighted by molar-refractivity contribution is 14.1. The van der Waals surface area contributed by atoms with Crippen LogP contribution in [-0.2, 0) is 5.60 Å². The summed E-state index contributed by atoms with van der Waals surface area (Å²) in [6.07, 6.45) is 6.20. The molecule has 1 nitrogen and oxygen atoms in total. The lowest BCUT2D eigenvalue weighted by molar-refractivity contribution is -0.0312. The molecule has 1 saturated carbocycles. The first-order chi connectivity index (χ1) is 8.54. The van der Waals surface area contributed by atoms with E-state index >= 15 is 0 Å². The molecular formula is C16H23IO. The number of hydrogen-bond acceptors (Lipinski definition) is 1. The Morgan fingerprint density at radius 1 is 1.28 bits per heavy atom. The van der Waals surface area contributed by atoms with Crippen molar-refractivity contribution in [2.24, 2.45) is 11.8 Å². The lowest BCUT2D eigenvalue weighted by atomic mass is 9.70. The summed E-state index contributed by atoms with van der Waals surface area (Å²) in [5.74, 6) is 1.22. The molecule has 18 heavy (non-hydrogen) atoms. The number of benzene rings is 1. The molecule has 0 bridgehead atoms. The lowest BCUT2D eigenvalue weighted by Gasteiger charge is -2.39. The van der Waals surface area contributed by atoms with Gasteiger partial charge in [0.1, 0.15) is 0 Å². The SMILES string of the molecule is CCC1CCCC(C(C)(O)c2ccc(I)cc2)C1. The molecule has 1 aromatic rings. The zero-order chi connectivity index (χ0) is 13.2. The standard InChI is InChI=1S/C16H23IO/c1-3-12-5-4-6-14(11-12)16(2,18)13-7-9-15(17)10-8-13/h7-10,12,14,18H,3-6,11H2,1-2H3. The Morgan fingerprint density at radius 3 is 2.56 bits per heavy atom. The quantitative estimate of drug-likeness (QED) is 0.776. The maximum atomic E-state index is 10.9. The smallest absolute Gasteiger partial charge is 0.0896 e. The van der Waals surface area contributed by atoms with Crippen LogP contribution in [0.3, 0.4) is 0 Å².